The van der Waals surface area contributed by atoms with Crippen molar-refractivity contribution in [2.24, 2.45) is 0 Å². The molecule has 0 unspecified atom stereocenters. The van der Waals surface area contributed by atoms with Gasteiger partial charge >= 0.3 is 0 Å². The fraction of sp³-hybridized carbons (Fsp3) is 0.0357. The summed E-state index contributed by atoms with van der Waals surface area (Å²) in [5.41, 5.74) is 14.3. The number of aryl methyl sites for hydroxylation is 2. The number of hydrogen-bond acceptors (Lipinski definition) is 4. The third kappa shape index (κ3) is 7.21. The first-order valence-electron chi connectivity index (χ1n) is 20.1. The lowest BCUT2D eigenvalue weighted by Crippen LogP contribution is -2.00. The van der Waals surface area contributed by atoms with Gasteiger partial charge in [-0.05, 0) is 116 Å². The molecule has 10 aromatic rings. The SMILES string of the molecule is Cc1ccc(-c2nc(-c3ccc(C)cc3)nc(-c3ccc(-c4cc(C#N)cc(-c5cccc(-c6cccc(-c7ccc8c(ccc9ccccc98)c7)c6)c5)c4)cc3)n2)cc1. The molecule has 0 spiro atoms. The van der Waals surface area contributed by atoms with Crippen LogP contribution in [0.15, 0.2) is 194 Å². The zero-order valence-corrected chi connectivity index (χ0v) is 33.3. The second-order valence-electron chi connectivity index (χ2n) is 15.4. The molecule has 4 nitrogen and oxygen atoms in total. The first kappa shape index (κ1) is 36.3. The summed E-state index contributed by atoms with van der Waals surface area (Å²) in [6, 6.07) is 70.3. The largest absolute Gasteiger partial charge is 0.208 e. The van der Waals surface area contributed by atoms with E-state index < -0.39 is 0 Å². The fourth-order valence-electron chi connectivity index (χ4n) is 7.96. The number of nitriles is 1. The molecule has 0 N–H and O–H groups in total. The van der Waals surface area contributed by atoms with Gasteiger partial charge in [0, 0.05) is 16.7 Å². The van der Waals surface area contributed by atoms with Crippen LogP contribution in [0.5, 0.6) is 0 Å². The molecular formula is C56H38N4. The maximum Gasteiger partial charge on any atom is 0.164 e. The van der Waals surface area contributed by atoms with Crippen LogP contribution in [0.4, 0.5) is 0 Å². The molecule has 0 fully saturated rings. The van der Waals surface area contributed by atoms with Crippen molar-refractivity contribution in [1.29, 1.82) is 5.26 Å². The molecule has 4 heteroatoms. The van der Waals surface area contributed by atoms with Crippen molar-refractivity contribution < 1.29 is 0 Å². The lowest BCUT2D eigenvalue weighted by Gasteiger charge is -2.12. The summed E-state index contributed by atoms with van der Waals surface area (Å²) >= 11 is 0. The van der Waals surface area contributed by atoms with Gasteiger partial charge in [-0.15, -0.1) is 0 Å². The van der Waals surface area contributed by atoms with Crippen molar-refractivity contribution in [3.63, 3.8) is 0 Å². The minimum absolute atomic E-state index is 0.601. The number of benzene rings is 9. The van der Waals surface area contributed by atoms with Gasteiger partial charge in [-0.2, -0.15) is 5.26 Å². The number of aromatic nitrogens is 3. The van der Waals surface area contributed by atoms with Crippen LogP contribution in [0.1, 0.15) is 16.7 Å². The van der Waals surface area contributed by atoms with Crippen LogP contribution in [0, 0.1) is 25.2 Å². The molecule has 0 bridgehead atoms. The zero-order valence-electron chi connectivity index (χ0n) is 33.3. The van der Waals surface area contributed by atoms with Crippen LogP contribution in [-0.4, -0.2) is 15.0 Å². The van der Waals surface area contributed by atoms with Crippen LogP contribution >= 0.6 is 0 Å². The monoisotopic (exact) mass is 766 g/mol. The van der Waals surface area contributed by atoms with Gasteiger partial charge in [0.25, 0.3) is 0 Å². The van der Waals surface area contributed by atoms with Gasteiger partial charge < -0.3 is 0 Å². The third-order valence-electron chi connectivity index (χ3n) is 11.3. The number of nitrogens with zero attached hydrogens (tertiary/aromatic N) is 4. The highest BCUT2D eigenvalue weighted by Gasteiger charge is 2.14. The van der Waals surface area contributed by atoms with Crippen molar-refractivity contribution in [2.45, 2.75) is 13.8 Å². The smallest absolute Gasteiger partial charge is 0.164 e. The Bertz CT molecular complexity index is 3200. The Kier molecular flexibility index (Phi) is 9.33. The lowest BCUT2D eigenvalue weighted by atomic mass is 9.93. The quantitative estimate of drug-likeness (QED) is 0.152. The maximum atomic E-state index is 10.2. The van der Waals surface area contributed by atoms with E-state index in [1.807, 2.05) is 24.3 Å². The van der Waals surface area contributed by atoms with E-state index in [1.165, 1.54) is 43.8 Å². The zero-order chi connectivity index (χ0) is 40.6. The molecule has 0 aliphatic carbocycles. The van der Waals surface area contributed by atoms with Crippen LogP contribution in [0.2, 0.25) is 0 Å². The van der Waals surface area contributed by atoms with Crippen LogP contribution < -0.4 is 0 Å². The Labute approximate surface area is 349 Å². The Morgan fingerprint density at radius 2 is 0.717 bits per heavy atom. The molecule has 0 radical (unpaired) electrons. The molecule has 10 rings (SSSR count). The van der Waals surface area contributed by atoms with Gasteiger partial charge in [0.05, 0.1) is 11.6 Å². The Morgan fingerprint density at radius 3 is 1.27 bits per heavy atom. The highest BCUT2D eigenvalue weighted by atomic mass is 15.0. The van der Waals surface area contributed by atoms with Gasteiger partial charge in [-0.3, -0.25) is 0 Å². The van der Waals surface area contributed by atoms with E-state index in [-0.39, 0.29) is 0 Å². The van der Waals surface area contributed by atoms with Crippen molar-refractivity contribution in [3.05, 3.63) is 211 Å². The summed E-state index contributed by atoms with van der Waals surface area (Å²) in [6.45, 7) is 4.14. The van der Waals surface area contributed by atoms with Gasteiger partial charge in [0.2, 0.25) is 0 Å². The van der Waals surface area contributed by atoms with Gasteiger partial charge in [-0.25, -0.2) is 15.0 Å². The van der Waals surface area contributed by atoms with E-state index >= 15 is 0 Å². The summed E-state index contributed by atoms with van der Waals surface area (Å²) in [4.78, 5) is 14.8. The van der Waals surface area contributed by atoms with E-state index in [2.05, 4.69) is 190 Å². The van der Waals surface area contributed by atoms with Crippen LogP contribution in [0.3, 0.4) is 0 Å². The van der Waals surface area contributed by atoms with Crippen LogP contribution in [0.25, 0.3) is 100 Å². The second kappa shape index (κ2) is 15.4. The molecule has 9 aromatic carbocycles. The van der Waals surface area contributed by atoms with E-state index in [1.54, 1.807) is 0 Å². The standard InChI is InChI=1S/C56H38N4/c1-36-13-17-41(18-14-36)54-58-55(42-19-15-37(2)16-20-42)60-56(59-54)43-24-21-39(22-25-43)50-29-38(35-57)30-51(34-50)47-11-6-9-45(32-47)44-8-5-10-46(31-44)48-27-28-53-49(33-48)26-23-40-7-3-4-12-52(40)53/h3-34H,1-2H3. The Morgan fingerprint density at radius 1 is 0.317 bits per heavy atom. The molecule has 1 heterocycles. The maximum absolute atomic E-state index is 10.2. The van der Waals surface area contributed by atoms with Crippen molar-refractivity contribution in [2.75, 3.05) is 0 Å². The molecule has 0 aliphatic heterocycles. The average molecular weight is 767 g/mol. The highest BCUT2D eigenvalue weighted by molar-refractivity contribution is 6.08. The summed E-state index contributed by atoms with van der Waals surface area (Å²) in [7, 11) is 0. The second-order valence-corrected chi connectivity index (χ2v) is 15.4. The van der Waals surface area contributed by atoms with E-state index in [0.717, 1.165) is 50.1 Å². The fourth-order valence-corrected chi connectivity index (χ4v) is 7.96. The molecular weight excluding hydrogens is 729 g/mol. The Balaban J connectivity index is 0.963. The predicted molar refractivity (Wildman–Crippen MR) is 247 cm³/mol. The third-order valence-corrected chi connectivity index (χ3v) is 11.3. The van der Waals surface area contributed by atoms with Gasteiger partial charge in [-0.1, -0.05) is 169 Å². The summed E-state index contributed by atoms with van der Waals surface area (Å²) in [6.07, 6.45) is 0. The molecule has 0 saturated carbocycles. The topological polar surface area (TPSA) is 62.5 Å². The summed E-state index contributed by atoms with van der Waals surface area (Å²) in [5, 5.41) is 15.2. The minimum Gasteiger partial charge on any atom is -0.208 e. The summed E-state index contributed by atoms with van der Waals surface area (Å²) < 4.78 is 0. The highest BCUT2D eigenvalue weighted by Crippen LogP contribution is 2.35. The number of fused-ring (bicyclic) bond motifs is 3. The first-order valence-corrected chi connectivity index (χ1v) is 20.1. The van der Waals surface area contributed by atoms with Crippen molar-refractivity contribution in [3.8, 4) is 84.7 Å². The molecule has 0 saturated heterocycles. The molecule has 0 amide bonds. The molecule has 1 aromatic heterocycles. The van der Waals surface area contributed by atoms with Crippen LogP contribution in [-0.2, 0) is 0 Å². The van der Waals surface area contributed by atoms with Crippen molar-refractivity contribution >= 4 is 21.5 Å². The number of hydrogen-bond donors (Lipinski definition) is 0. The van der Waals surface area contributed by atoms with E-state index in [9.17, 15) is 5.26 Å². The van der Waals surface area contributed by atoms with Gasteiger partial charge in [0.1, 0.15) is 0 Å². The molecule has 0 atom stereocenters. The minimum atomic E-state index is 0.601. The average Bonchev–Trinajstić information content (AvgIpc) is 3.31. The number of rotatable bonds is 7. The molecule has 0 aliphatic rings. The molecule has 282 valence electrons. The first-order chi connectivity index (χ1) is 29.4. The van der Waals surface area contributed by atoms with Crippen molar-refractivity contribution in [1.82, 2.24) is 15.0 Å². The Hall–Kier alpha value is -8.00. The van der Waals surface area contributed by atoms with E-state index in [4.69, 9.17) is 15.0 Å². The lowest BCUT2D eigenvalue weighted by molar-refractivity contribution is 1.07. The predicted octanol–water partition coefficient (Wildman–Crippen LogP) is 14.3. The normalized spacial score (nSPS) is 11.2. The van der Waals surface area contributed by atoms with Gasteiger partial charge in [0.15, 0.2) is 17.5 Å². The van der Waals surface area contributed by atoms with E-state index in [0.29, 0.717) is 23.0 Å². The summed E-state index contributed by atoms with van der Waals surface area (Å²) in [5.74, 6) is 1.86. The molecule has 60 heavy (non-hydrogen) atoms.